The van der Waals surface area contributed by atoms with Crippen molar-refractivity contribution in [3.05, 3.63) is 60.1 Å². The van der Waals surface area contributed by atoms with E-state index in [1.807, 2.05) is 30.3 Å². The molecule has 7 nitrogen and oxygen atoms in total. The fourth-order valence-electron chi connectivity index (χ4n) is 2.46. The lowest BCUT2D eigenvalue weighted by molar-refractivity contribution is -0.138. The summed E-state index contributed by atoms with van der Waals surface area (Å²) in [6.07, 6.45) is 1.66. The van der Waals surface area contributed by atoms with Crippen molar-refractivity contribution in [1.82, 2.24) is 10.6 Å². The van der Waals surface area contributed by atoms with Gasteiger partial charge in [0.05, 0.1) is 6.26 Å². The first-order chi connectivity index (χ1) is 12.5. The molecular weight excluding hydrogens is 336 g/mol. The number of amides is 2. The molecule has 0 saturated heterocycles. The van der Waals surface area contributed by atoms with Crippen LogP contribution in [0.3, 0.4) is 0 Å². The van der Waals surface area contributed by atoms with Gasteiger partial charge in [-0.15, -0.1) is 0 Å². The van der Waals surface area contributed by atoms with Gasteiger partial charge in [-0.05, 0) is 23.6 Å². The number of hydrogen-bond acceptors (Lipinski definition) is 4. The minimum Gasteiger partial charge on any atom is -0.481 e. The van der Waals surface area contributed by atoms with Gasteiger partial charge in [0, 0.05) is 19.4 Å². The van der Waals surface area contributed by atoms with Gasteiger partial charge in [-0.25, -0.2) is 0 Å². The smallest absolute Gasteiger partial charge is 0.303 e. The average Bonchev–Trinajstić information content (AvgIpc) is 3.14. The zero-order valence-electron chi connectivity index (χ0n) is 14.5. The molecule has 0 aliphatic rings. The molecule has 2 rings (SSSR count). The molecule has 7 heteroatoms. The van der Waals surface area contributed by atoms with Gasteiger partial charge in [0.15, 0.2) is 5.76 Å². The average molecular weight is 358 g/mol. The van der Waals surface area contributed by atoms with E-state index in [1.165, 1.54) is 12.3 Å². The summed E-state index contributed by atoms with van der Waals surface area (Å²) in [6.45, 7) is 1.95. The number of hydrogen-bond donors (Lipinski definition) is 3. The largest absolute Gasteiger partial charge is 0.481 e. The zero-order valence-corrected chi connectivity index (χ0v) is 14.5. The van der Waals surface area contributed by atoms with Crippen LogP contribution in [0.2, 0.25) is 0 Å². The Morgan fingerprint density at radius 2 is 1.85 bits per heavy atom. The summed E-state index contributed by atoms with van der Waals surface area (Å²) >= 11 is 0. The van der Waals surface area contributed by atoms with E-state index < -0.39 is 17.9 Å². The lowest BCUT2D eigenvalue weighted by atomic mass is 10.0. The highest BCUT2D eigenvalue weighted by molar-refractivity contribution is 5.95. The maximum atomic E-state index is 12.5. The number of carboxylic acid groups (broad SMARTS) is 1. The minimum absolute atomic E-state index is 0.0393. The van der Waals surface area contributed by atoms with Gasteiger partial charge in [0.1, 0.15) is 6.04 Å². The van der Waals surface area contributed by atoms with Crippen LogP contribution in [0.1, 0.15) is 29.5 Å². The van der Waals surface area contributed by atoms with Crippen molar-refractivity contribution in [3.8, 4) is 0 Å². The predicted octanol–water partition coefficient (Wildman–Crippen LogP) is 1.85. The van der Waals surface area contributed by atoms with E-state index in [9.17, 15) is 14.4 Å². The first-order valence-electron chi connectivity index (χ1n) is 8.33. The molecule has 0 aliphatic heterocycles. The van der Waals surface area contributed by atoms with E-state index in [1.54, 1.807) is 13.0 Å². The van der Waals surface area contributed by atoms with E-state index in [2.05, 4.69) is 10.6 Å². The standard InChI is InChI=1S/C19H22N2O5/c1-13(10-17(22)23)12-20-18(24)15(11-14-6-3-2-4-7-14)21-19(25)16-8-5-9-26-16/h2-9,13,15H,10-12H2,1H3,(H,20,24)(H,21,25)(H,22,23). The van der Waals surface area contributed by atoms with Crippen LogP contribution >= 0.6 is 0 Å². The molecular formula is C19H22N2O5. The van der Waals surface area contributed by atoms with Crippen LogP contribution in [-0.2, 0) is 16.0 Å². The second-order valence-corrected chi connectivity index (χ2v) is 6.14. The Hall–Kier alpha value is -3.09. The summed E-state index contributed by atoms with van der Waals surface area (Å²) in [4.78, 5) is 35.5. The van der Waals surface area contributed by atoms with E-state index in [4.69, 9.17) is 9.52 Å². The van der Waals surface area contributed by atoms with E-state index in [0.717, 1.165) is 5.56 Å². The van der Waals surface area contributed by atoms with Crippen molar-refractivity contribution >= 4 is 17.8 Å². The van der Waals surface area contributed by atoms with Crippen LogP contribution < -0.4 is 10.6 Å². The molecule has 2 aromatic rings. The lowest BCUT2D eigenvalue weighted by Gasteiger charge is -2.19. The van der Waals surface area contributed by atoms with Crippen molar-refractivity contribution in [2.75, 3.05) is 6.54 Å². The molecule has 0 aliphatic carbocycles. The molecule has 0 spiro atoms. The third kappa shape index (κ3) is 6.08. The summed E-state index contributed by atoms with van der Waals surface area (Å²) < 4.78 is 5.06. The Balaban J connectivity index is 2.02. The molecule has 3 N–H and O–H groups in total. The van der Waals surface area contributed by atoms with Crippen LogP contribution in [0.5, 0.6) is 0 Å². The van der Waals surface area contributed by atoms with Crippen LogP contribution in [-0.4, -0.2) is 35.5 Å². The molecule has 1 aromatic heterocycles. The van der Waals surface area contributed by atoms with Gasteiger partial charge in [0.25, 0.3) is 5.91 Å². The Labute approximate surface area is 151 Å². The number of benzene rings is 1. The second-order valence-electron chi connectivity index (χ2n) is 6.14. The predicted molar refractivity (Wildman–Crippen MR) is 94.5 cm³/mol. The van der Waals surface area contributed by atoms with Crippen molar-refractivity contribution < 1.29 is 23.9 Å². The fraction of sp³-hybridized carbons (Fsp3) is 0.316. The number of aliphatic carboxylic acids is 1. The molecule has 1 aromatic carbocycles. The molecule has 0 bridgehead atoms. The van der Waals surface area contributed by atoms with Gasteiger partial charge in [0.2, 0.25) is 5.91 Å². The lowest BCUT2D eigenvalue weighted by Crippen LogP contribution is -2.48. The van der Waals surface area contributed by atoms with Gasteiger partial charge in [-0.1, -0.05) is 37.3 Å². The molecule has 0 radical (unpaired) electrons. The number of carbonyl (C=O) groups excluding carboxylic acids is 2. The topological polar surface area (TPSA) is 109 Å². The Morgan fingerprint density at radius 3 is 2.46 bits per heavy atom. The summed E-state index contributed by atoms with van der Waals surface area (Å²) in [6, 6.07) is 11.6. The molecule has 1 heterocycles. The van der Waals surface area contributed by atoms with Crippen LogP contribution in [0.4, 0.5) is 0 Å². The SMILES string of the molecule is CC(CNC(=O)C(Cc1ccccc1)NC(=O)c1ccco1)CC(=O)O. The molecule has 2 unspecified atom stereocenters. The van der Waals surface area contributed by atoms with Gasteiger partial charge in [-0.2, -0.15) is 0 Å². The van der Waals surface area contributed by atoms with Crippen molar-refractivity contribution in [3.63, 3.8) is 0 Å². The maximum Gasteiger partial charge on any atom is 0.303 e. The molecule has 0 saturated carbocycles. The Morgan fingerprint density at radius 1 is 1.12 bits per heavy atom. The number of furan rings is 1. The highest BCUT2D eigenvalue weighted by Crippen LogP contribution is 2.07. The number of carbonyl (C=O) groups is 3. The Kier molecular flexibility index (Phi) is 6.96. The molecule has 138 valence electrons. The van der Waals surface area contributed by atoms with Gasteiger partial charge in [-0.3, -0.25) is 14.4 Å². The van der Waals surface area contributed by atoms with Crippen molar-refractivity contribution in [1.29, 1.82) is 0 Å². The highest BCUT2D eigenvalue weighted by Gasteiger charge is 2.23. The minimum atomic E-state index is -0.918. The van der Waals surface area contributed by atoms with Crippen molar-refractivity contribution in [2.24, 2.45) is 5.92 Å². The first-order valence-corrected chi connectivity index (χ1v) is 8.33. The van der Waals surface area contributed by atoms with Crippen LogP contribution in [0.15, 0.2) is 53.1 Å². The second kappa shape index (κ2) is 9.41. The van der Waals surface area contributed by atoms with E-state index in [-0.39, 0.29) is 30.6 Å². The third-order valence-corrected chi connectivity index (χ3v) is 3.80. The molecule has 0 fully saturated rings. The Bertz CT molecular complexity index is 728. The summed E-state index contributed by atoms with van der Waals surface area (Å²) in [5.41, 5.74) is 0.894. The monoisotopic (exact) mass is 358 g/mol. The van der Waals surface area contributed by atoms with Crippen LogP contribution in [0, 0.1) is 5.92 Å². The fourth-order valence-corrected chi connectivity index (χ4v) is 2.46. The van der Waals surface area contributed by atoms with Gasteiger partial charge >= 0.3 is 5.97 Å². The molecule has 2 amide bonds. The molecule has 26 heavy (non-hydrogen) atoms. The normalized spacial score (nSPS) is 12.8. The quantitative estimate of drug-likeness (QED) is 0.634. The first kappa shape index (κ1) is 19.2. The number of carboxylic acids is 1. The number of nitrogens with one attached hydrogen (secondary N) is 2. The zero-order chi connectivity index (χ0) is 18.9. The summed E-state index contributed by atoms with van der Waals surface area (Å²) in [5.74, 6) is -1.86. The van der Waals surface area contributed by atoms with Crippen LogP contribution in [0.25, 0.3) is 0 Å². The molecule has 2 atom stereocenters. The van der Waals surface area contributed by atoms with Gasteiger partial charge < -0.3 is 20.2 Å². The maximum absolute atomic E-state index is 12.5. The number of rotatable bonds is 9. The highest BCUT2D eigenvalue weighted by atomic mass is 16.4. The summed E-state index contributed by atoms with van der Waals surface area (Å²) in [5, 5.41) is 14.2. The van der Waals surface area contributed by atoms with Crippen molar-refractivity contribution in [2.45, 2.75) is 25.8 Å². The third-order valence-electron chi connectivity index (χ3n) is 3.80. The summed E-state index contributed by atoms with van der Waals surface area (Å²) in [7, 11) is 0. The van der Waals surface area contributed by atoms with E-state index in [0.29, 0.717) is 6.42 Å². The van der Waals surface area contributed by atoms with E-state index >= 15 is 0 Å².